The van der Waals surface area contributed by atoms with Crippen molar-refractivity contribution in [2.24, 2.45) is 0 Å². The predicted molar refractivity (Wildman–Crippen MR) is 68.4 cm³/mol. The minimum Gasteiger partial charge on any atom is -0.497 e. The van der Waals surface area contributed by atoms with Crippen LogP contribution in [-0.2, 0) is 0 Å². The highest BCUT2D eigenvalue weighted by atomic mass is 19.1. The lowest BCUT2D eigenvalue weighted by Crippen LogP contribution is -2.36. The van der Waals surface area contributed by atoms with Crippen molar-refractivity contribution in [1.82, 2.24) is 4.90 Å². The van der Waals surface area contributed by atoms with E-state index in [4.69, 9.17) is 9.84 Å². The Bertz CT molecular complexity index is 414. The van der Waals surface area contributed by atoms with Crippen LogP contribution in [-0.4, -0.2) is 43.4 Å². The van der Waals surface area contributed by atoms with Crippen LogP contribution in [0.3, 0.4) is 0 Å². The zero-order valence-corrected chi connectivity index (χ0v) is 11.0. The van der Waals surface area contributed by atoms with Crippen LogP contribution in [0.5, 0.6) is 5.75 Å². The molecule has 1 N–H and O–H groups in total. The Balaban J connectivity index is 2.21. The van der Waals surface area contributed by atoms with Gasteiger partial charge in [-0.2, -0.15) is 0 Å². The number of likely N-dealkylation sites (tertiary alicyclic amines) is 1. The van der Waals surface area contributed by atoms with Gasteiger partial charge in [0.05, 0.1) is 13.7 Å². The molecule has 1 aliphatic rings. The van der Waals surface area contributed by atoms with Gasteiger partial charge in [-0.15, -0.1) is 0 Å². The van der Waals surface area contributed by atoms with Crippen molar-refractivity contribution in [2.45, 2.75) is 18.8 Å². The van der Waals surface area contributed by atoms with E-state index in [9.17, 15) is 8.78 Å². The number of methoxy groups -OCH3 is 1. The molecule has 0 spiro atoms. The first-order valence-electron chi connectivity index (χ1n) is 6.52. The van der Waals surface area contributed by atoms with Gasteiger partial charge in [0.1, 0.15) is 17.4 Å². The van der Waals surface area contributed by atoms with Gasteiger partial charge in [0.25, 0.3) is 0 Å². The number of ether oxygens (including phenoxy) is 1. The second-order valence-corrected chi connectivity index (χ2v) is 4.87. The average molecular weight is 271 g/mol. The van der Waals surface area contributed by atoms with Crippen molar-refractivity contribution >= 4 is 0 Å². The fraction of sp³-hybridized carbons (Fsp3) is 0.571. The Morgan fingerprint density at radius 1 is 1.37 bits per heavy atom. The summed E-state index contributed by atoms with van der Waals surface area (Å²) in [5.74, 6) is -1.06. The lowest BCUT2D eigenvalue weighted by Gasteiger charge is -2.32. The van der Waals surface area contributed by atoms with Crippen molar-refractivity contribution < 1.29 is 18.6 Å². The number of halogens is 2. The molecule has 2 rings (SSSR count). The summed E-state index contributed by atoms with van der Waals surface area (Å²) in [7, 11) is 1.39. The van der Waals surface area contributed by atoms with Crippen molar-refractivity contribution in [3.05, 3.63) is 29.3 Å². The maximum absolute atomic E-state index is 14.0. The summed E-state index contributed by atoms with van der Waals surface area (Å²) in [4.78, 5) is 2.04. The summed E-state index contributed by atoms with van der Waals surface area (Å²) >= 11 is 0. The molecule has 1 fully saturated rings. The van der Waals surface area contributed by atoms with Crippen LogP contribution in [0, 0.1) is 11.6 Å². The van der Waals surface area contributed by atoms with Gasteiger partial charge in [-0.25, -0.2) is 8.78 Å². The van der Waals surface area contributed by atoms with Gasteiger partial charge in [-0.05, 0) is 19.4 Å². The highest BCUT2D eigenvalue weighted by Gasteiger charge is 2.26. The van der Waals surface area contributed by atoms with Gasteiger partial charge in [-0.1, -0.05) is 0 Å². The molecule has 106 valence electrons. The van der Waals surface area contributed by atoms with Gasteiger partial charge < -0.3 is 14.7 Å². The number of β-amino-alcohol motifs (C(OH)–C–C–N with tert-alkyl or cyclic N) is 1. The van der Waals surface area contributed by atoms with E-state index in [0.717, 1.165) is 19.4 Å². The number of hydrogen-bond donors (Lipinski definition) is 1. The summed E-state index contributed by atoms with van der Waals surface area (Å²) in [5.41, 5.74) is 0.142. The molecule has 0 bridgehead atoms. The maximum atomic E-state index is 14.0. The van der Waals surface area contributed by atoms with E-state index >= 15 is 0 Å². The van der Waals surface area contributed by atoms with E-state index in [-0.39, 0.29) is 23.8 Å². The van der Waals surface area contributed by atoms with Crippen LogP contribution < -0.4 is 4.74 Å². The molecule has 0 radical (unpaired) electrons. The molecule has 1 aromatic carbocycles. The van der Waals surface area contributed by atoms with E-state index < -0.39 is 11.6 Å². The smallest absolute Gasteiger partial charge is 0.133 e. The number of hydrogen-bond acceptors (Lipinski definition) is 3. The molecule has 1 aromatic rings. The number of rotatable bonds is 4. The van der Waals surface area contributed by atoms with E-state index in [1.807, 2.05) is 4.90 Å². The SMILES string of the molecule is COc1cc(F)c(C2CCCN(CCO)C2)c(F)c1. The molecule has 1 unspecified atom stereocenters. The molecule has 5 heteroatoms. The largest absolute Gasteiger partial charge is 0.497 e. The van der Waals surface area contributed by atoms with Gasteiger partial charge in [0, 0.05) is 36.7 Å². The quantitative estimate of drug-likeness (QED) is 0.910. The summed E-state index contributed by atoms with van der Waals surface area (Å²) in [5, 5.41) is 8.95. The maximum Gasteiger partial charge on any atom is 0.133 e. The molecule has 1 heterocycles. The van der Waals surface area contributed by atoms with Crippen molar-refractivity contribution in [2.75, 3.05) is 33.4 Å². The first-order chi connectivity index (χ1) is 9.15. The van der Waals surface area contributed by atoms with Crippen molar-refractivity contribution in [1.29, 1.82) is 0 Å². The van der Waals surface area contributed by atoms with E-state index in [2.05, 4.69) is 0 Å². The summed E-state index contributed by atoms with van der Waals surface area (Å²) in [6.45, 7) is 2.08. The predicted octanol–water partition coefficient (Wildman–Crippen LogP) is 2.15. The zero-order chi connectivity index (χ0) is 13.8. The van der Waals surface area contributed by atoms with Gasteiger partial charge in [-0.3, -0.25) is 0 Å². The van der Waals surface area contributed by atoms with Gasteiger partial charge in [0.15, 0.2) is 0 Å². The first kappa shape index (κ1) is 14.2. The molecule has 0 amide bonds. The topological polar surface area (TPSA) is 32.7 Å². The molecular formula is C14H19F2NO2. The molecule has 0 aromatic heterocycles. The number of nitrogens with zero attached hydrogens (tertiary/aromatic N) is 1. The third-order valence-corrected chi connectivity index (χ3v) is 3.62. The highest BCUT2D eigenvalue weighted by Crippen LogP contribution is 2.32. The normalized spacial score (nSPS) is 20.5. The second-order valence-electron chi connectivity index (χ2n) is 4.87. The molecule has 1 saturated heterocycles. The number of piperidine rings is 1. The molecule has 1 atom stereocenters. The minimum absolute atomic E-state index is 0.0697. The fourth-order valence-corrected chi connectivity index (χ4v) is 2.70. The Morgan fingerprint density at radius 3 is 2.63 bits per heavy atom. The summed E-state index contributed by atoms with van der Waals surface area (Å²) in [6.07, 6.45) is 1.65. The Labute approximate surface area is 111 Å². The summed E-state index contributed by atoms with van der Waals surface area (Å²) in [6, 6.07) is 2.45. The number of aliphatic hydroxyl groups excluding tert-OH is 1. The first-order valence-corrected chi connectivity index (χ1v) is 6.52. The van der Waals surface area contributed by atoms with Gasteiger partial charge in [0.2, 0.25) is 0 Å². The Kier molecular flexibility index (Phi) is 4.71. The van der Waals surface area contributed by atoms with Crippen LogP contribution in [0.4, 0.5) is 8.78 Å². The Morgan fingerprint density at radius 2 is 2.05 bits per heavy atom. The fourth-order valence-electron chi connectivity index (χ4n) is 2.70. The molecule has 0 saturated carbocycles. The average Bonchev–Trinajstić information content (AvgIpc) is 2.38. The molecule has 19 heavy (non-hydrogen) atoms. The number of benzene rings is 1. The van der Waals surface area contributed by atoms with Crippen LogP contribution >= 0.6 is 0 Å². The lowest BCUT2D eigenvalue weighted by atomic mass is 9.89. The monoisotopic (exact) mass is 271 g/mol. The molecular weight excluding hydrogens is 252 g/mol. The van der Waals surface area contributed by atoms with Gasteiger partial charge >= 0.3 is 0 Å². The minimum atomic E-state index is -0.548. The Hall–Kier alpha value is -1.20. The molecule has 3 nitrogen and oxygen atoms in total. The van der Waals surface area contributed by atoms with Crippen LogP contribution in [0.25, 0.3) is 0 Å². The second kappa shape index (κ2) is 6.30. The van der Waals surface area contributed by atoms with Crippen LogP contribution in [0.2, 0.25) is 0 Å². The molecule has 1 aliphatic heterocycles. The van der Waals surface area contributed by atoms with E-state index in [0.29, 0.717) is 13.1 Å². The van der Waals surface area contributed by atoms with Crippen LogP contribution in [0.1, 0.15) is 24.3 Å². The lowest BCUT2D eigenvalue weighted by molar-refractivity contribution is 0.159. The highest BCUT2D eigenvalue weighted by molar-refractivity contribution is 5.33. The number of aliphatic hydroxyl groups is 1. The molecule has 0 aliphatic carbocycles. The van der Waals surface area contributed by atoms with Crippen molar-refractivity contribution in [3.63, 3.8) is 0 Å². The van der Waals surface area contributed by atoms with E-state index in [1.54, 1.807) is 0 Å². The van der Waals surface area contributed by atoms with E-state index in [1.165, 1.54) is 19.2 Å². The zero-order valence-electron chi connectivity index (χ0n) is 11.0. The van der Waals surface area contributed by atoms with Crippen molar-refractivity contribution in [3.8, 4) is 5.75 Å². The van der Waals surface area contributed by atoms with Crippen LogP contribution in [0.15, 0.2) is 12.1 Å². The third-order valence-electron chi connectivity index (χ3n) is 3.62. The standard InChI is InChI=1S/C14H19F2NO2/c1-19-11-7-12(15)14(13(16)8-11)10-3-2-4-17(9-10)5-6-18/h7-8,10,18H,2-6,9H2,1H3. The summed E-state index contributed by atoms with van der Waals surface area (Å²) < 4.78 is 32.9. The third kappa shape index (κ3) is 3.22.